The lowest BCUT2D eigenvalue weighted by Gasteiger charge is -2.21. The quantitative estimate of drug-likeness (QED) is 0.770. The Hall–Kier alpha value is -2.13. The van der Waals surface area contributed by atoms with Crippen LogP contribution in [0.5, 0.6) is 0 Å². The summed E-state index contributed by atoms with van der Waals surface area (Å²) in [6.45, 7) is 5.35. The van der Waals surface area contributed by atoms with E-state index >= 15 is 0 Å². The van der Waals surface area contributed by atoms with Gasteiger partial charge in [0.15, 0.2) is 0 Å². The fourth-order valence-corrected chi connectivity index (χ4v) is 2.76. The number of rotatable bonds is 5. The summed E-state index contributed by atoms with van der Waals surface area (Å²) in [7, 11) is 0. The van der Waals surface area contributed by atoms with E-state index in [1.165, 1.54) is 16.3 Å². The Morgan fingerprint density at radius 3 is 2.67 bits per heavy atom. The van der Waals surface area contributed by atoms with Crippen LogP contribution in [0, 0.1) is 0 Å². The Morgan fingerprint density at radius 1 is 1.10 bits per heavy atom. The molecule has 0 saturated heterocycles. The fourth-order valence-electron chi connectivity index (χ4n) is 2.76. The van der Waals surface area contributed by atoms with Crippen LogP contribution in [-0.4, -0.2) is 15.6 Å². The van der Waals surface area contributed by atoms with Crippen LogP contribution < -0.4 is 5.32 Å². The SMILES string of the molecule is CC(Cn1ccnc1)NC(C)c1ccc2ccccc2c1. The van der Waals surface area contributed by atoms with Crippen LogP contribution in [0.2, 0.25) is 0 Å². The number of aromatic nitrogens is 2. The third kappa shape index (κ3) is 3.31. The Labute approximate surface area is 125 Å². The van der Waals surface area contributed by atoms with Crippen molar-refractivity contribution in [3.63, 3.8) is 0 Å². The van der Waals surface area contributed by atoms with E-state index in [9.17, 15) is 0 Å². The van der Waals surface area contributed by atoms with Gasteiger partial charge in [-0.15, -0.1) is 0 Å². The second-order valence-corrected chi connectivity index (χ2v) is 5.66. The second-order valence-electron chi connectivity index (χ2n) is 5.66. The minimum atomic E-state index is 0.327. The van der Waals surface area contributed by atoms with Gasteiger partial charge in [-0.05, 0) is 36.2 Å². The van der Waals surface area contributed by atoms with Gasteiger partial charge >= 0.3 is 0 Å². The number of benzene rings is 2. The zero-order chi connectivity index (χ0) is 14.7. The smallest absolute Gasteiger partial charge is 0.0946 e. The minimum Gasteiger partial charge on any atom is -0.336 e. The van der Waals surface area contributed by atoms with E-state index in [-0.39, 0.29) is 0 Å². The van der Waals surface area contributed by atoms with Crippen LogP contribution in [-0.2, 0) is 6.54 Å². The van der Waals surface area contributed by atoms with Crippen LogP contribution in [0.25, 0.3) is 10.8 Å². The van der Waals surface area contributed by atoms with Gasteiger partial charge in [0.25, 0.3) is 0 Å². The summed E-state index contributed by atoms with van der Waals surface area (Å²) in [6.07, 6.45) is 5.68. The topological polar surface area (TPSA) is 29.9 Å². The van der Waals surface area contributed by atoms with Crippen LogP contribution >= 0.6 is 0 Å². The molecule has 3 aromatic rings. The van der Waals surface area contributed by atoms with E-state index in [0.29, 0.717) is 12.1 Å². The van der Waals surface area contributed by atoms with Gasteiger partial charge in [-0.3, -0.25) is 0 Å². The van der Waals surface area contributed by atoms with Crippen LogP contribution in [0.15, 0.2) is 61.2 Å². The zero-order valence-corrected chi connectivity index (χ0v) is 12.5. The summed E-state index contributed by atoms with van der Waals surface area (Å²) in [5.41, 5.74) is 1.33. The molecule has 1 heterocycles. The number of fused-ring (bicyclic) bond motifs is 1. The summed E-state index contributed by atoms with van der Waals surface area (Å²) in [5, 5.41) is 6.24. The molecule has 0 fully saturated rings. The molecule has 0 radical (unpaired) electrons. The van der Waals surface area contributed by atoms with Gasteiger partial charge in [0, 0.05) is 31.0 Å². The monoisotopic (exact) mass is 279 g/mol. The molecule has 0 aliphatic carbocycles. The maximum absolute atomic E-state index is 4.08. The molecule has 1 N–H and O–H groups in total. The molecule has 3 nitrogen and oxygen atoms in total. The van der Waals surface area contributed by atoms with E-state index in [0.717, 1.165) is 6.54 Å². The van der Waals surface area contributed by atoms with Gasteiger partial charge < -0.3 is 9.88 Å². The number of nitrogens with zero attached hydrogens (tertiary/aromatic N) is 2. The van der Waals surface area contributed by atoms with Crippen molar-refractivity contribution in [2.75, 3.05) is 0 Å². The van der Waals surface area contributed by atoms with Gasteiger partial charge in [0.1, 0.15) is 0 Å². The maximum atomic E-state index is 4.08. The molecule has 2 unspecified atom stereocenters. The highest BCUT2D eigenvalue weighted by atomic mass is 15.1. The van der Waals surface area contributed by atoms with Crippen molar-refractivity contribution in [3.8, 4) is 0 Å². The van der Waals surface area contributed by atoms with Crippen molar-refractivity contribution in [1.29, 1.82) is 0 Å². The van der Waals surface area contributed by atoms with Crippen molar-refractivity contribution in [2.45, 2.75) is 32.5 Å². The van der Waals surface area contributed by atoms with E-state index < -0.39 is 0 Å². The highest BCUT2D eigenvalue weighted by Gasteiger charge is 2.10. The lowest BCUT2D eigenvalue weighted by molar-refractivity contribution is 0.430. The number of hydrogen-bond acceptors (Lipinski definition) is 2. The van der Waals surface area contributed by atoms with E-state index in [1.807, 2.05) is 18.7 Å². The largest absolute Gasteiger partial charge is 0.336 e. The second kappa shape index (κ2) is 6.10. The van der Waals surface area contributed by atoms with Gasteiger partial charge in [0.05, 0.1) is 6.33 Å². The molecule has 0 saturated carbocycles. The number of nitrogens with one attached hydrogen (secondary N) is 1. The van der Waals surface area contributed by atoms with Gasteiger partial charge in [0.2, 0.25) is 0 Å². The molecule has 0 aliphatic heterocycles. The maximum Gasteiger partial charge on any atom is 0.0946 e. The predicted molar refractivity (Wildman–Crippen MR) is 87.2 cm³/mol. The molecule has 21 heavy (non-hydrogen) atoms. The first kappa shape index (κ1) is 13.8. The molecule has 1 aromatic heterocycles. The first-order valence-corrected chi connectivity index (χ1v) is 7.43. The Kier molecular flexibility index (Phi) is 4.02. The highest BCUT2D eigenvalue weighted by molar-refractivity contribution is 5.83. The highest BCUT2D eigenvalue weighted by Crippen LogP contribution is 2.20. The molecule has 2 atom stereocenters. The summed E-state index contributed by atoms with van der Waals surface area (Å²) >= 11 is 0. The van der Waals surface area contributed by atoms with E-state index in [4.69, 9.17) is 0 Å². The van der Waals surface area contributed by atoms with Gasteiger partial charge in [-0.25, -0.2) is 4.98 Å². The van der Waals surface area contributed by atoms with Crippen molar-refractivity contribution in [2.24, 2.45) is 0 Å². The Balaban J connectivity index is 1.69. The summed E-state index contributed by atoms with van der Waals surface area (Å²) < 4.78 is 2.10. The van der Waals surface area contributed by atoms with Crippen molar-refractivity contribution in [1.82, 2.24) is 14.9 Å². The van der Waals surface area contributed by atoms with Crippen LogP contribution in [0.4, 0.5) is 0 Å². The van der Waals surface area contributed by atoms with Gasteiger partial charge in [-0.2, -0.15) is 0 Å². The number of imidazole rings is 1. The average molecular weight is 279 g/mol. The normalized spacial score (nSPS) is 14.2. The predicted octanol–water partition coefficient (Wildman–Crippen LogP) is 3.78. The van der Waals surface area contributed by atoms with Crippen molar-refractivity contribution >= 4 is 10.8 Å². The lowest BCUT2D eigenvalue weighted by Crippen LogP contribution is -2.32. The Morgan fingerprint density at radius 2 is 1.90 bits per heavy atom. The molecule has 3 heteroatoms. The molecular formula is C18H21N3. The van der Waals surface area contributed by atoms with E-state index in [1.54, 1.807) is 0 Å². The molecule has 0 aliphatic rings. The number of hydrogen-bond donors (Lipinski definition) is 1. The third-order valence-electron chi connectivity index (χ3n) is 3.85. The molecule has 108 valence electrons. The third-order valence-corrected chi connectivity index (χ3v) is 3.85. The molecule has 2 aromatic carbocycles. The molecule has 0 bridgehead atoms. The molecule has 0 spiro atoms. The first-order valence-electron chi connectivity index (χ1n) is 7.43. The zero-order valence-electron chi connectivity index (χ0n) is 12.5. The molecular weight excluding hydrogens is 258 g/mol. The van der Waals surface area contributed by atoms with Crippen molar-refractivity contribution in [3.05, 3.63) is 66.7 Å². The summed E-state index contributed by atoms with van der Waals surface area (Å²) in [5.74, 6) is 0. The molecule has 0 amide bonds. The minimum absolute atomic E-state index is 0.327. The first-order chi connectivity index (χ1) is 10.2. The summed E-state index contributed by atoms with van der Waals surface area (Å²) in [4.78, 5) is 4.08. The van der Waals surface area contributed by atoms with E-state index in [2.05, 4.69) is 71.2 Å². The average Bonchev–Trinajstić information content (AvgIpc) is 2.99. The molecule has 3 rings (SSSR count). The summed E-state index contributed by atoms with van der Waals surface area (Å²) in [6, 6.07) is 15.9. The van der Waals surface area contributed by atoms with Gasteiger partial charge in [-0.1, -0.05) is 36.4 Å². The standard InChI is InChI=1S/C18H21N3/c1-14(12-21-10-9-19-13-21)20-15(2)17-8-7-16-5-3-4-6-18(16)11-17/h3-11,13-15,20H,12H2,1-2H3. The Bertz CT molecular complexity index is 703. The fraction of sp³-hybridized carbons (Fsp3) is 0.278. The van der Waals surface area contributed by atoms with Crippen LogP contribution in [0.3, 0.4) is 0 Å². The van der Waals surface area contributed by atoms with Crippen LogP contribution in [0.1, 0.15) is 25.5 Å². The van der Waals surface area contributed by atoms with Crippen molar-refractivity contribution < 1.29 is 0 Å². The lowest BCUT2D eigenvalue weighted by atomic mass is 10.0.